The molecule has 1 aliphatic heterocycles. The van der Waals surface area contributed by atoms with Gasteiger partial charge in [-0.25, -0.2) is 9.18 Å². The zero-order valence-electron chi connectivity index (χ0n) is 24.8. The van der Waals surface area contributed by atoms with Gasteiger partial charge in [-0.15, -0.1) is 0 Å². The Balaban J connectivity index is 0.000000707. The largest absolute Gasteiger partial charge is 0.506 e. The summed E-state index contributed by atoms with van der Waals surface area (Å²) in [5.74, 6) is -2.66. The highest BCUT2D eigenvalue weighted by Crippen LogP contribution is 2.39. The maximum atomic E-state index is 13.1. The third-order valence-corrected chi connectivity index (χ3v) is 7.42. The lowest BCUT2D eigenvalue weighted by molar-refractivity contribution is -0.192. The van der Waals surface area contributed by atoms with Crippen LogP contribution in [-0.2, 0) is 32.0 Å². The number of phenolic OH excluding ortho intramolecular Hbond substituents is 1. The lowest BCUT2D eigenvalue weighted by atomic mass is 9.94. The van der Waals surface area contributed by atoms with Crippen molar-refractivity contribution < 1.29 is 51.6 Å². The van der Waals surface area contributed by atoms with Gasteiger partial charge in [-0.2, -0.15) is 13.2 Å². The maximum Gasteiger partial charge on any atom is 0.490 e. The van der Waals surface area contributed by atoms with Gasteiger partial charge in [0.05, 0.1) is 19.6 Å². The molecular weight excluding hydrogens is 602 g/mol. The number of phenols is 1. The zero-order chi connectivity index (χ0) is 32.8. The summed E-state index contributed by atoms with van der Waals surface area (Å²) in [7, 11) is 0. The number of carbonyl (C=O) groups excluding carboxylic acids is 2. The third-order valence-electron chi connectivity index (χ3n) is 7.42. The number of nitrogens with zero attached hydrogens (tertiary/aromatic N) is 1. The first-order valence-electron chi connectivity index (χ1n) is 14.9. The lowest BCUT2D eigenvalue weighted by Gasteiger charge is -2.34. The summed E-state index contributed by atoms with van der Waals surface area (Å²) in [5, 5.41) is 23.2. The van der Waals surface area contributed by atoms with Crippen molar-refractivity contribution in [1.82, 2.24) is 10.2 Å². The van der Waals surface area contributed by atoms with Crippen LogP contribution in [0.25, 0.3) is 0 Å². The minimum atomic E-state index is -5.08. The summed E-state index contributed by atoms with van der Waals surface area (Å²) >= 11 is 0. The standard InChI is InChI=1S/C29H38FN3O5.C2HF3O2/c30-23-9-6-21(7-10-23)13-18-37-19-14-27(36)33(24-4-2-1-3-5-24)17-16-31-15-12-22-8-11-25(34)28-29(22)38-20-26(35)32-28;3-2(4,5)1(6)7/h6-11,24,31,34H,1-5,12-20H2,(H,32,35);(H,6,7). The molecule has 0 unspecified atom stereocenters. The SMILES string of the molecule is O=C(O)C(F)(F)F.O=C1COc2c(CCNCCN(C(=O)CCOCCc3ccc(F)cc3)C3CCCCC3)ccc(O)c2N1. The molecule has 4 rings (SSSR count). The zero-order valence-corrected chi connectivity index (χ0v) is 24.8. The number of hydrogen-bond donors (Lipinski definition) is 4. The summed E-state index contributed by atoms with van der Waals surface area (Å²) in [6.45, 7) is 2.79. The molecule has 2 aliphatic rings. The lowest BCUT2D eigenvalue weighted by Crippen LogP contribution is -2.45. The number of rotatable bonds is 13. The first-order valence-corrected chi connectivity index (χ1v) is 14.9. The molecule has 0 radical (unpaired) electrons. The summed E-state index contributed by atoms with van der Waals surface area (Å²) < 4.78 is 56.0. The van der Waals surface area contributed by atoms with Crippen LogP contribution in [0.5, 0.6) is 11.5 Å². The molecule has 0 bridgehead atoms. The number of benzene rings is 2. The Labute approximate surface area is 258 Å². The van der Waals surface area contributed by atoms with Crippen molar-refractivity contribution in [2.45, 2.75) is 63.6 Å². The number of aliphatic carboxylic acids is 1. The van der Waals surface area contributed by atoms with E-state index in [1.54, 1.807) is 24.3 Å². The molecule has 1 heterocycles. The Bertz CT molecular complexity index is 1270. The normalized spacial score (nSPS) is 14.8. The topological polar surface area (TPSA) is 137 Å². The predicted molar refractivity (Wildman–Crippen MR) is 157 cm³/mol. The minimum absolute atomic E-state index is 0.00849. The molecule has 4 N–H and O–H groups in total. The molecule has 0 aromatic heterocycles. The van der Waals surface area contributed by atoms with E-state index in [2.05, 4.69) is 10.6 Å². The van der Waals surface area contributed by atoms with E-state index in [0.717, 1.165) is 36.8 Å². The van der Waals surface area contributed by atoms with Crippen LogP contribution in [0.1, 0.15) is 49.7 Å². The van der Waals surface area contributed by atoms with Gasteiger partial charge < -0.3 is 35.2 Å². The Morgan fingerprint density at radius 3 is 2.38 bits per heavy atom. The fraction of sp³-hybridized carbons (Fsp3) is 0.516. The average Bonchev–Trinajstić information content (AvgIpc) is 3.01. The second kappa shape index (κ2) is 17.5. The minimum Gasteiger partial charge on any atom is -0.506 e. The van der Waals surface area contributed by atoms with Crippen LogP contribution in [-0.4, -0.2) is 84.6 Å². The van der Waals surface area contributed by atoms with Crippen LogP contribution >= 0.6 is 0 Å². The van der Waals surface area contributed by atoms with Crippen molar-refractivity contribution in [3.63, 3.8) is 0 Å². The van der Waals surface area contributed by atoms with E-state index in [9.17, 15) is 32.3 Å². The number of fused-ring (bicyclic) bond motifs is 1. The highest BCUT2D eigenvalue weighted by Gasteiger charge is 2.38. The second-order valence-corrected chi connectivity index (χ2v) is 10.7. The highest BCUT2D eigenvalue weighted by molar-refractivity contribution is 5.97. The Morgan fingerprint density at radius 2 is 1.71 bits per heavy atom. The van der Waals surface area contributed by atoms with Crippen LogP contribution in [0.4, 0.5) is 23.2 Å². The van der Waals surface area contributed by atoms with E-state index in [1.807, 2.05) is 4.90 Å². The van der Waals surface area contributed by atoms with Crippen LogP contribution in [0, 0.1) is 5.82 Å². The molecule has 14 heteroatoms. The molecule has 2 aromatic carbocycles. The van der Waals surface area contributed by atoms with Crippen molar-refractivity contribution in [1.29, 1.82) is 0 Å². The number of nitrogens with one attached hydrogen (secondary N) is 2. The molecule has 0 spiro atoms. The van der Waals surface area contributed by atoms with Gasteiger partial charge in [-0.05, 0) is 61.6 Å². The van der Waals surface area contributed by atoms with Gasteiger partial charge in [0, 0.05) is 19.1 Å². The van der Waals surface area contributed by atoms with Crippen molar-refractivity contribution in [2.24, 2.45) is 0 Å². The van der Waals surface area contributed by atoms with Gasteiger partial charge in [-0.1, -0.05) is 37.5 Å². The number of amides is 2. The van der Waals surface area contributed by atoms with Crippen LogP contribution < -0.4 is 15.4 Å². The van der Waals surface area contributed by atoms with E-state index >= 15 is 0 Å². The molecule has 248 valence electrons. The number of alkyl halides is 3. The maximum absolute atomic E-state index is 13.1. The van der Waals surface area contributed by atoms with Crippen LogP contribution in [0.3, 0.4) is 0 Å². The first-order chi connectivity index (χ1) is 21.5. The first kappa shape index (κ1) is 35.6. The summed E-state index contributed by atoms with van der Waals surface area (Å²) in [6, 6.07) is 10.0. The highest BCUT2D eigenvalue weighted by atomic mass is 19.4. The van der Waals surface area contributed by atoms with Gasteiger partial charge in [-0.3, -0.25) is 9.59 Å². The Kier molecular flexibility index (Phi) is 13.9. The molecule has 1 fully saturated rings. The predicted octanol–water partition coefficient (Wildman–Crippen LogP) is 4.44. The summed E-state index contributed by atoms with van der Waals surface area (Å²) in [6.07, 6.45) is 2.23. The summed E-state index contributed by atoms with van der Waals surface area (Å²) in [4.78, 5) is 35.6. The van der Waals surface area contributed by atoms with Crippen molar-refractivity contribution >= 4 is 23.5 Å². The number of aromatic hydroxyl groups is 1. The molecule has 45 heavy (non-hydrogen) atoms. The van der Waals surface area contributed by atoms with E-state index in [-0.39, 0.29) is 36.0 Å². The second-order valence-electron chi connectivity index (χ2n) is 10.7. The van der Waals surface area contributed by atoms with Crippen LogP contribution in [0.2, 0.25) is 0 Å². The van der Waals surface area contributed by atoms with E-state index in [0.29, 0.717) is 63.5 Å². The number of hydrogen-bond acceptors (Lipinski definition) is 7. The monoisotopic (exact) mass is 641 g/mol. The van der Waals surface area contributed by atoms with Crippen molar-refractivity contribution in [2.75, 3.05) is 44.8 Å². The Hall–Kier alpha value is -3.91. The molecule has 1 aliphatic carbocycles. The smallest absolute Gasteiger partial charge is 0.490 e. The number of carboxylic acid groups (broad SMARTS) is 1. The van der Waals surface area contributed by atoms with Gasteiger partial charge in [0.15, 0.2) is 12.4 Å². The van der Waals surface area contributed by atoms with Crippen molar-refractivity contribution in [3.8, 4) is 11.5 Å². The van der Waals surface area contributed by atoms with Crippen LogP contribution in [0.15, 0.2) is 36.4 Å². The fourth-order valence-electron chi connectivity index (χ4n) is 5.11. The number of carbonyl (C=O) groups is 3. The third kappa shape index (κ3) is 11.8. The van der Waals surface area contributed by atoms with E-state index in [1.165, 1.54) is 18.6 Å². The van der Waals surface area contributed by atoms with Gasteiger partial charge in [0.2, 0.25) is 5.91 Å². The van der Waals surface area contributed by atoms with Gasteiger partial charge in [0.1, 0.15) is 17.3 Å². The summed E-state index contributed by atoms with van der Waals surface area (Å²) in [5.41, 5.74) is 2.24. The number of halogens is 4. The molecular formula is C31H39F4N3O7. The average molecular weight is 642 g/mol. The quantitative estimate of drug-likeness (QED) is 0.143. The Morgan fingerprint density at radius 1 is 1.02 bits per heavy atom. The molecule has 10 nitrogen and oxygen atoms in total. The number of anilines is 1. The molecule has 1 saturated carbocycles. The van der Waals surface area contributed by atoms with E-state index < -0.39 is 12.1 Å². The fourth-order valence-corrected chi connectivity index (χ4v) is 5.11. The number of ether oxygens (including phenoxy) is 2. The molecule has 0 atom stereocenters. The van der Waals surface area contributed by atoms with Crippen molar-refractivity contribution in [3.05, 3.63) is 53.3 Å². The molecule has 2 aromatic rings. The van der Waals surface area contributed by atoms with Gasteiger partial charge in [0.25, 0.3) is 5.91 Å². The molecule has 0 saturated heterocycles. The van der Waals surface area contributed by atoms with E-state index in [4.69, 9.17) is 19.4 Å². The van der Waals surface area contributed by atoms with Gasteiger partial charge >= 0.3 is 12.1 Å². The number of carboxylic acids is 1. The molecule has 2 amide bonds.